The van der Waals surface area contributed by atoms with Crippen LogP contribution in [-0.2, 0) is 6.42 Å². The quantitative estimate of drug-likeness (QED) is 0.710. The summed E-state index contributed by atoms with van der Waals surface area (Å²) in [5.74, 6) is 1.23. The Bertz CT molecular complexity index is 1050. The van der Waals surface area contributed by atoms with Crippen molar-refractivity contribution in [3.05, 3.63) is 42.1 Å². The highest BCUT2D eigenvalue weighted by atomic mass is 16.5. The van der Waals surface area contributed by atoms with Crippen molar-refractivity contribution < 1.29 is 19.4 Å². The number of carboxylic acid groups (broad SMARTS) is 1. The molecule has 0 unspecified atom stereocenters. The van der Waals surface area contributed by atoms with Gasteiger partial charge in [-0.2, -0.15) is 10.2 Å². The first-order valence-corrected chi connectivity index (χ1v) is 8.88. The van der Waals surface area contributed by atoms with Gasteiger partial charge in [0.15, 0.2) is 11.5 Å². The minimum atomic E-state index is -1.07. The summed E-state index contributed by atoms with van der Waals surface area (Å²) in [6.45, 7) is 0.827. The summed E-state index contributed by atoms with van der Waals surface area (Å²) in [7, 11) is 3.19. The third-order valence-electron chi connectivity index (χ3n) is 4.86. The van der Waals surface area contributed by atoms with Crippen molar-refractivity contribution in [1.29, 1.82) is 0 Å². The first kappa shape index (κ1) is 17.8. The van der Waals surface area contributed by atoms with Crippen LogP contribution in [-0.4, -0.2) is 42.2 Å². The third-order valence-corrected chi connectivity index (χ3v) is 4.86. The van der Waals surface area contributed by atoms with E-state index < -0.39 is 6.09 Å². The molecule has 0 fully saturated rings. The first-order valence-electron chi connectivity index (χ1n) is 8.88. The summed E-state index contributed by atoms with van der Waals surface area (Å²) in [5.41, 5.74) is 4.32. The summed E-state index contributed by atoms with van der Waals surface area (Å²) in [4.78, 5) is 13.1. The van der Waals surface area contributed by atoms with E-state index in [1.54, 1.807) is 26.5 Å². The van der Waals surface area contributed by atoms with Crippen LogP contribution in [0.5, 0.6) is 11.5 Å². The van der Waals surface area contributed by atoms with E-state index >= 15 is 0 Å². The van der Waals surface area contributed by atoms with Gasteiger partial charge < -0.3 is 19.5 Å². The number of carbonyl (C=O) groups is 1. The van der Waals surface area contributed by atoms with Gasteiger partial charge in [0, 0.05) is 29.4 Å². The fourth-order valence-electron chi connectivity index (χ4n) is 3.64. The maximum absolute atomic E-state index is 10.9. The molecule has 0 radical (unpaired) electrons. The molecule has 1 amide bonds. The monoisotopic (exact) mass is 380 g/mol. The molecule has 0 bridgehead atoms. The van der Waals surface area contributed by atoms with Gasteiger partial charge in [0.25, 0.3) is 0 Å². The average molecular weight is 380 g/mol. The van der Waals surface area contributed by atoms with Crippen molar-refractivity contribution in [2.75, 3.05) is 31.0 Å². The summed E-state index contributed by atoms with van der Waals surface area (Å²) < 4.78 is 10.8. The third kappa shape index (κ3) is 3.13. The van der Waals surface area contributed by atoms with Crippen LogP contribution < -0.4 is 19.7 Å². The second kappa shape index (κ2) is 7.22. The molecule has 0 spiro atoms. The molecule has 0 aliphatic carbocycles. The van der Waals surface area contributed by atoms with Crippen molar-refractivity contribution in [2.45, 2.75) is 12.8 Å². The van der Waals surface area contributed by atoms with E-state index in [9.17, 15) is 4.79 Å². The normalized spacial score (nSPS) is 13.1. The molecule has 0 atom stereocenters. The van der Waals surface area contributed by atoms with Crippen LogP contribution in [0, 0.1) is 0 Å². The lowest BCUT2D eigenvalue weighted by Gasteiger charge is -2.32. The molecule has 2 aromatic carbocycles. The molecule has 8 nitrogen and oxygen atoms in total. The minimum Gasteiger partial charge on any atom is -0.493 e. The van der Waals surface area contributed by atoms with Crippen LogP contribution >= 0.6 is 0 Å². The number of hydrogen-bond acceptors (Lipinski definition) is 6. The second-order valence-electron chi connectivity index (χ2n) is 6.48. The Morgan fingerprint density at radius 2 is 1.93 bits per heavy atom. The number of amides is 1. The van der Waals surface area contributed by atoms with Gasteiger partial charge in [-0.3, -0.25) is 5.32 Å². The van der Waals surface area contributed by atoms with Gasteiger partial charge in [-0.25, -0.2) is 4.79 Å². The van der Waals surface area contributed by atoms with Gasteiger partial charge in [0.1, 0.15) is 0 Å². The lowest BCUT2D eigenvalue weighted by Crippen LogP contribution is -2.25. The molecule has 8 heteroatoms. The lowest BCUT2D eigenvalue weighted by atomic mass is 9.99. The van der Waals surface area contributed by atoms with E-state index in [1.807, 2.05) is 24.3 Å². The number of rotatable bonds is 4. The molecule has 28 heavy (non-hydrogen) atoms. The van der Waals surface area contributed by atoms with E-state index in [-0.39, 0.29) is 0 Å². The number of benzene rings is 2. The molecule has 2 N–H and O–H groups in total. The summed E-state index contributed by atoms with van der Waals surface area (Å²) in [5, 5.41) is 20.7. The van der Waals surface area contributed by atoms with Crippen molar-refractivity contribution in [3.8, 4) is 11.5 Å². The Hall–Kier alpha value is -3.55. The van der Waals surface area contributed by atoms with Gasteiger partial charge in [-0.15, -0.1) is 0 Å². The molecule has 1 aromatic heterocycles. The number of methoxy groups -OCH3 is 2. The predicted octanol–water partition coefficient (Wildman–Crippen LogP) is 3.82. The van der Waals surface area contributed by atoms with Crippen LogP contribution in [0.1, 0.15) is 12.0 Å². The number of ether oxygens (including phenoxy) is 2. The maximum atomic E-state index is 10.9. The molecular weight excluding hydrogens is 360 g/mol. The number of nitrogens with one attached hydrogen (secondary N) is 1. The highest BCUT2D eigenvalue weighted by Gasteiger charge is 2.22. The smallest absolute Gasteiger partial charge is 0.409 e. The zero-order chi connectivity index (χ0) is 19.7. The van der Waals surface area contributed by atoms with E-state index in [4.69, 9.17) is 14.6 Å². The molecule has 4 rings (SSSR count). The van der Waals surface area contributed by atoms with Crippen LogP contribution in [0.25, 0.3) is 10.9 Å². The molecular formula is C20H20N4O4. The maximum Gasteiger partial charge on any atom is 0.409 e. The summed E-state index contributed by atoms with van der Waals surface area (Å²) in [6, 6.07) is 9.32. The fourth-order valence-corrected chi connectivity index (χ4v) is 3.64. The van der Waals surface area contributed by atoms with Gasteiger partial charge in [-0.05, 0) is 42.7 Å². The van der Waals surface area contributed by atoms with Gasteiger partial charge in [-0.1, -0.05) is 0 Å². The number of aryl methyl sites for hydroxylation is 1. The van der Waals surface area contributed by atoms with Crippen LogP contribution in [0.2, 0.25) is 0 Å². The summed E-state index contributed by atoms with van der Waals surface area (Å²) >= 11 is 0. The van der Waals surface area contributed by atoms with E-state index in [2.05, 4.69) is 20.4 Å². The predicted molar refractivity (Wildman–Crippen MR) is 106 cm³/mol. The average Bonchev–Trinajstić information content (AvgIpc) is 2.71. The molecule has 144 valence electrons. The molecule has 2 heterocycles. The van der Waals surface area contributed by atoms with Crippen molar-refractivity contribution in [1.82, 2.24) is 10.2 Å². The number of fused-ring (bicyclic) bond motifs is 2. The fraction of sp³-hybridized carbons (Fsp3) is 0.250. The number of anilines is 3. The Morgan fingerprint density at radius 3 is 2.68 bits per heavy atom. The molecule has 1 aliphatic heterocycles. The van der Waals surface area contributed by atoms with Crippen molar-refractivity contribution in [2.24, 2.45) is 0 Å². The van der Waals surface area contributed by atoms with Crippen molar-refractivity contribution in [3.63, 3.8) is 0 Å². The SMILES string of the molecule is COc1cc2nncc(N3CCCc4cc(NC(=O)O)ccc43)c2cc1OC. The van der Waals surface area contributed by atoms with Crippen LogP contribution in [0.3, 0.4) is 0 Å². The number of aromatic nitrogens is 2. The standard InChI is InChI=1S/C20H20N4O4/c1-27-18-9-14-15(10-19(18)28-2)23-21-11-17(14)24-7-3-4-12-8-13(22-20(25)26)5-6-16(12)24/h5-6,8-11,22H,3-4,7H2,1-2H3,(H,25,26). The second-order valence-corrected chi connectivity index (χ2v) is 6.48. The van der Waals surface area contributed by atoms with Crippen LogP contribution in [0.15, 0.2) is 36.5 Å². The van der Waals surface area contributed by atoms with Crippen molar-refractivity contribution >= 4 is 34.1 Å². The van der Waals surface area contributed by atoms with E-state index in [0.717, 1.165) is 41.7 Å². The minimum absolute atomic E-state index is 0.567. The van der Waals surface area contributed by atoms with E-state index in [0.29, 0.717) is 22.7 Å². The Kier molecular flexibility index (Phi) is 4.60. The number of hydrogen-bond donors (Lipinski definition) is 2. The van der Waals surface area contributed by atoms with Gasteiger partial charge in [0.05, 0.1) is 31.6 Å². The molecule has 0 saturated carbocycles. The zero-order valence-electron chi connectivity index (χ0n) is 15.6. The zero-order valence-corrected chi connectivity index (χ0v) is 15.6. The Labute approximate surface area is 161 Å². The van der Waals surface area contributed by atoms with E-state index in [1.165, 1.54) is 0 Å². The van der Waals surface area contributed by atoms with Gasteiger partial charge >= 0.3 is 6.09 Å². The highest BCUT2D eigenvalue weighted by molar-refractivity contribution is 5.96. The molecule has 1 aliphatic rings. The van der Waals surface area contributed by atoms with Crippen LogP contribution in [0.4, 0.5) is 21.9 Å². The van der Waals surface area contributed by atoms with Gasteiger partial charge in [0.2, 0.25) is 0 Å². The first-order chi connectivity index (χ1) is 13.6. The number of nitrogens with zero attached hydrogens (tertiary/aromatic N) is 3. The summed E-state index contributed by atoms with van der Waals surface area (Å²) in [6.07, 6.45) is 2.50. The lowest BCUT2D eigenvalue weighted by molar-refractivity contribution is 0.209. The Balaban J connectivity index is 1.82. The largest absolute Gasteiger partial charge is 0.493 e. The topological polar surface area (TPSA) is 96.8 Å². The molecule has 3 aromatic rings. The Morgan fingerprint density at radius 1 is 1.14 bits per heavy atom. The molecule has 0 saturated heterocycles. The highest BCUT2D eigenvalue weighted by Crippen LogP contribution is 2.40.